The molecule has 1 amide bonds. The molecule has 1 aliphatic heterocycles. The standard InChI is InChI=1S/C19H29NO3/c1-14(2)18(13-19(21)20-9-11-22-12-10-20)16-5-7-17(8-6-16)23-15(3)4/h5-8,14-15,18H,9-13H2,1-4H3/t18-/m1/s1. The number of morpholine rings is 1. The minimum absolute atomic E-state index is 0.171. The zero-order valence-electron chi connectivity index (χ0n) is 14.7. The fraction of sp³-hybridized carbons (Fsp3) is 0.632. The average Bonchev–Trinajstić information content (AvgIpc) is 2.53. The SMILES string of the molecule is CC(C)Oc1ccc([C@H](CC(=O)N2CCOCC2)C(C)C)cc1. The molecule has 0 aromatic heterocycles. The van der Waals surface area contributed by atoms with Gasteiger partial charge in [-0.1, -0.05) is 26.0 Å². The number of amides is 1. The van der Waals surface area contributed by atoms with E-state index in [0.29, 0.717) is 38.6 Å². The molecule has 0 bridgehead atoms. The van der Waals surface area contributed by atoms with Crippen molar-refractivity contribution in [2.24, 2.45) is 5.92 Å². The van der Waals surface area contributed by atoms with Crippen molar-refractivity contribution in [3.63, 3.8) is 0 Å². The van der Waals surface area contributed by atoms with E-state index in [2.05, 4.69) is 26.0 Å². The summed E-state index contributed by atoms with van der Waals surface area (Å²) < 4.78 is 11.0. The molecule has 1 atom stereocenters. The molecule has 1 heterocycles. The van der Waals surface area contributed by atoms with E-state index in [1.165, 1.54) is 5.56 Å². The van der Waals surface area contributed by atoms with E-state index in [9.17, 15) is 4.79 Å². The third-order valence-corrected chi connectivity index (χ3v) is 4.24. The van der Waals surface area contributed by atoms with Crippen LogP contribution in [0.2, 0.25) is 0 Å². The van der Waals surface area contributed by atoms with Crippen molar-refractivity contribution in [1.82, 2.24) is 4.90 Å². The van der Waals surface area contributed by atoms with Crippen molar-refractivity contribution in [3.05, 3.63) is 29.8 Å². The second kappa shape index (κ2) is 8.34. The van der Waals surface area contributed by atoms with E-state index in [1.807, 2.05) is 30.9 Å². The first-order valence-corrected chi connectivity index (χ1v) is 8.59. The van der Waals surface area contributed by atoms with Crippen molar-refractivity contribution in [3.8, 4) is 5.75 Å². The predicted octanol–water partition coefficient (Wildman–Crippen LogP) is 3.46. The van der Waals surface area contributed by atoms with Crippen molar-refractivity contribution in [1.29, 1.82) is 0 Å². The van der Waals surface area contributed by atoms with Gasteiger partial charge in [0.15, 0.2) is 0 Å². The van der Waals surface area contributed by atoms with Gasteiger partial charge in [0.25, 0.3) is 0 Å². The Kier molecular flexibility index (Phi) is 6.46. The molecule has 1 aromatic rings. The van der Waals surface area contributed by atoms with E-state index in [4.69, 9.17) is 9.47 Å². The molecule has 1 aliphatic rings. The Labute approximate surface area is 139 Å². The Hall–Kier alpha value is -1.55. The highest BCUT2D eigenvalue weighted by atomic mass is 16.5. The summed E-state index contributed by atoms with van der Waals surface area (Å²) in [5.41, 5.74) is 1.21. The molecule has 1 fully saturated rings. The van der Waals surface area contributed by atoms with Gasteiger partial charge in [0.1, 0.15) is 5.75 Å². The van der Waals surface area contributed by atoms with Gasteiger partial charge in [-0.2, -0.15) is 0 Å². The van der Waals surface area contributed by atoms with Crippen molar-refractivity contribution < 1.29 is 14.3 Å². The van der Waals surface area contributed by atoms with Crippen LogP contribution < -0.4 is 4.74 Å². The quantitative estimate of drug-likeness (QED) is 0.806. The number of hydrogen-bond donors (Lipinski definition) is 0. The smallest absolute Gasteiger partial charge is 0.223 e. The number of carbonyl (C=O) groups excluding carboxylic acids is 1. The molecule has 0 unspecified atom stereocenters. The van der Waals surface area contributed by atoms with Crippen LogP contribution in [-0.4, -0.2) is 43.2 Å². The van der Waals surface area contributed by atoms with Crippen LogP contribution in [-0.2, 0) is 9.53 Å². The number of rotatable bonds is 6. The lowest BCUT2D eigenvalue weighted by atomic mass is 9.85. The fourth-order valence-electron chi connectivity index (χ4n) is 2.93. The van der Waals surface area contributed by atoms with Gasteiger partial charge < -0.3 is 14.4 Å². The van der Waals surface area contributed by atoms with Crippen molar-refractivity contribution in [2.75, 3.05) is 26.3 Å². The third kappa shape index (κ3) is 5.24. The normalized spacial score (nSPS) is 16.7. The summed E-state index contributed by atoms with van der Waals surface area (Å²) in [5, 5.41) is 0. The second-order valence-corrected chi connectivity index (χ2v) is 6.78. The van der Waals surface area contributed by atoms with Crippen molar-refractivity contribution >= 4 is 5.91 Å². The summed E-state index contributed by atoms with van der Waals surface area (Å²) in [4.78, 5) is 14.5. The summed E-state index contributed by atoms with van der Waals surface area (Å²) in [7, 11) is 0. The van der Waals surface area contributed by atoms with E-state index < -0.39 is 0 Å². The number of hydrogen-bond acceptors (Lipinski definition) is 3. The summed E-state index contributed by atoms with van der Waals surface area (Å²) in [6, 6.07) is 8.19. The molecule has 0 aliphatic carbocycles. The molecule has 0 saturated carbocycles. The maximum atomic E-state index is 12.5. The van der Waals surface area contributed by atoms with Crippen LogP contribution in [0.4, 0.5) is 0 Å². The van der Waals surface area contributed by atoms with Gasteiger partial charge in [-0.05, 0) is 43.4 Å². The van der Waals surface area contributed by atoms with Gasteiger partial charge in [-0.3, -0.25) is 4.79 Å². The lowest BCUT2D eigenvalue weighted by Gasteiger charge is -2.29. The van der Waals surface area contributed by atoms with Crippen LogP contribution in [0.3, 0.4) is 0 Å². The molecule has 2 rings (SSSR count). The Morgan fingerprint density at radius 3 is 2.26 bits per heavy atom. The summed E-state index contributed by atoms with van der Waals surface area (Å²) in [5.74, 6) is 1.76. The lowest BCUT2D eigenvalue weighted by molar-refractivity contribution is -0.135. The molecule has 23 heavy (non-hydrogen) atoms. The number of nitrogens with zero attached hydrogens (tertiary/aromatic N) is 1. The maximum Gasteiger partial charge on any atom is 0.223 e. The average molecular weight is 319 g/mol. The first kappa shape index (κ1) is 17.8. The van der Waals surface area contributed by atoms with E-state index in [0.717, 1.165) is 5.75 Å². The Morgan fingerprint density at radius 1 is 1.13 bits per heavy atom. The van der Waals surface area contributed by atoms with Crippen LogP contribution >= 0.6 is 0 Å². The van der Waals surface area contributed by atoms with Crippen LogP contribution in [0.15, 0.2) is 24.3 Å². The summed E-state index contributed by atoms with van der Waals surface area (Å²) in [6.07, 6.45) is 0.729. The van der Waals surface area contributed by atoms with Gasteiger partial charge in [0, 0.05) is 19.5 Å². The highest BCUT2D eigenvalue weighted by Crippen LogP contribution is 2.30. The minimum Gasteiger partial charge on any atom is -0.491 e. The molecule has 128 valence electrons. The Morgan fingerprint density at radius 2 is 1.74 bits per heavy atom. The number of benzene rings is 1. The van der Waals surface area contributed by atoms with Crippen LogP contribution in [0.25, 0.3) is 0 Å². The number of ether oxygens (including phenoxy) is 2. The number of carbonyl (C=O) groups is 1. The lowest BCUT2D eigenvalue weighted by Crippen LogP contribution is -2.41. The van der Waals surface area contributed by atoms with E-state index >= 15 is 0 Å². The topological polar surface area (TPSA) is 38.8 Å². The molecular weight excluding hydrogens is 290 g/mol. The van der Waals surface area contributed by atoms with Crippen LogP contribution in [0, 0.1) is 5.92 Å². The molecule has 4 nitrogen and oxygen atoms in total. The molecule has 0 radical (unpaired) electrons. The molecule has 1 aromatic carbocycles. The van der Waals surface area contributed by atoms with Crippen LogP contribution in [0.5, 0.6) is 5.75 Å². The highest BCUT2D eigenvalue weighted by molar-refractivity contribution is 5.77. The van der Waals surface area contributed by atoms with Gasteiger partial charge in [-0.25, -0.2) is 0 Å². The zero-order chi connectivity index (χ0) is 16.8. The second-order valence-electron chi connectivity index (χ2n) is 6.78. The zero-order valence-corrected chi connectivity index (χ0v) is 14.7. The maximum absolute atomic E-state index is 12.5. The fourth-order valence-corrected chi connectivity index (χ4v) is 2.93. The monoisotopic (exact) mass is 319 g/mol. The molecule has 0 spiro atoms. The van der Waals surface area contributed by atoms with Gasteiger partial charge in [-0.15, -0.1) is 0 Å². The van der Waals surface area contributed by atoms with Gasteiger partial charge >= 0.3 is 0 Å². The van der Waals surface area contributed by atoms with Crippen LogP contribution in [0.1, 0.15) is 45.6 Å². The Balaban J connectivity index is 2.04. The predicted molar refractivity (Wildman–Crippen MR) is 91.8 cm³/mol. The van der Waals surface area contributed by atoms with E-state index in [-0.39, 0.29) is 17.9 Å². The molecule has 1 saturated heterocycles. The third-order valence-electron chi connectivity index (χ3n) is 4.24. The first-order chi connectivity index (χ1) is 11.0. The summed E-state index contributed by atoms with van der Waals surface area (Å²) in [6.45, 7) is 11.1. The minimum atomic E-state index is 0.171. The molecule has 0 N–H and O–H groups in total. The molecular formula is C19H29NO3. The Bertz CT molecular complexity index is 490. The van der Waals surface area contributed by atoms with E-state index in [1.54, 1.807) is 0 Å². The summed E-state index contributed by atoms with van der Waals surface area (Å²) >= 11 is 0. The van der Waals surface area contributed by atoms with Crippen molar-refractivity contribution in [2.45, 2.75) is 46.1 Å². The highest BCUT2D eigenvalue weighted by Gasteiger charge is 2.24. The largest absolute Gasteiger partial charge is 0.491 e. The van der Waals surface area contributed by atoms with Gasteiger partial charge in [0.05, 0.1) is 19.3 Å². The molecule has 4 heteroatoms. The first-order valence-electron chi connectivity index (χ1n) is 8.59. The van der Waals surface area contributed by atoms with Gasteiger partial charge in [0.2, 0.25) is 5.91 Å².